The van der Waals surface area contributed by atoms with Crippen molar-refractivity contribution < 1.29 is 23.7 Å². The Labute approximate surface area is 311 Å². The lowest BCUT2D eigenvalue weighted by molar-refractivity contribution is 0.0245. The van der Waals surface area contributed by atoms with E-state index in [1.54, 1.807) is 7.11 Å². The Hall–Kier alpha value is -5.50. The average Bonchev–Trinajstić information content (AvgIpc) is 3.56. The molecule has 3 aliphatic rings. The highest BCUT2D eigenvalue weighted by Gasteiger charge is 2.45. The van der Waals surface area contributed by atoms with E-state index in [2.05, 4.69) is 59.6 Å². The standard InChI is InChI=1S/C45H47N3O5/c1-4-5-6-7-27-51-35-17-15-32(16-18-35)31-11-13-33(14-12-31)44(49)52-36-23-25-48(26-24-36)41-10-8-9-39-38(41)20-22-42-43(39)46-30(2)45(53-42)29-34-28-37(50-3)19-21-40(34)47-45/h8-22,28,36,47H,4-7,23-27,29H2,1-3H3. The highest BCUT2D eigenvalue weighted by molar-refractivity contribution is 6.07. The third-order valence-corrected chi connectivity index (χ3v) is 10.8. The minimum absolute atomic E-state index is 0.129. The van der Waals surface area contributed by atoms with Crippen LogP contribution in [-0.4, -0.2) is 50.3 Å². The van der Waals surface area contributed by atoms with E-state index < -0.39 is 5.72 Å². The molecular formula is C45H47N3O5. The summed E-state index contributed by atoms with van der Waals surface area (Å²) >= 11 is 0. The maximum Gasteiger partial charge on any atom is 0.338 e. The summed E-state index contributed by atoms with van der Waals surface area (Å²) < 4.78 is 24.1. The van der Waals surface area contributed by atoms with Gasteiger partial charge in [0.15, 0.2) is 0 Å². The zero-order valence-electron chi connectivity index (χ0n) is 30.8. The Morgan fingerprint density at radius 2 is 1.64 bits per heavy atom. The number of hydrogen-bond acceptors (Lipinski definition) is 8. The van der Waals surface area contributed by atoms with Crippen molar-refractivity contribution in [3.63, 3.8) is 0 Å². The van der Waals surface area contributed by atoms with E-state index in [1.165, 1.54) is 19.3 Å². The lowest BCUT2D eigenvalue weighted by Gasteiger charge is -2.36. The number of esters is 1. The topological polar surface area (TPSA) is 81.6 Å². The summed E-state index contributed by atoms with van der Waals surface area (Å²) in [5, 5.41) is 5.79. The molecule has 8 nitrogen and oxygen atoms in total. The monoisotopic (exact) mass is 709 g/mol. The normalized spacial score (nSPS) is 17.8. The molecule has 0 bridgehead atoms. The fourth-order valence-corrected chi connectivity index (χ4v) is 7.77. The molecule has 5 aromatic carbocycles. The van der Waals surface area contributed by atoms with Gasteiger partial charge in [0.2, 0.25) is 5.72 Å². The molecule has 5 aromatic rings. The van der Waals surface area contributed by atoms with Crippen molar-refractivity contribution in [3.05, 3.63) is 108 Å². The molecule has 1 atom stereocenters. The summed E-state index contributed by atoms with van der Waals surface area (Å²) in [6.45, 7) is 6.58. The number of hydrogen-bond donors (Lipinski definition) is 1. The van der Waals surface area contributed by atoms with Gasteiger partial charge in [-0.3, -0.25) is 0 Å². The van der Waals surface area contributed by atoms with Gasteiger partial charge in [-0.1, -0.05) is 62.6 Å². The zero-order chi connectivity index (χ0) is 36.4. The van der Waals surface area contributed by atoms with Crippen LogP contribution < -0.4 is 24.4 Å². The predicted octanol–water partition coefficient (Wildman–Crippen LogP) is 10.1. The van der Waals surface area contributed by atoms with Crippen molar-refractivity contribution in [2.45, 2.75) is 70.6 Å². The quantitative estimate of drug-likeness (QED) is 0.108. The molecule has 1 unspecified atom stereocenters. The zero-order valence-corrected chi connectivity index (χ0v) is 30.8. The molecule has 53 heavy (non-hydrogen) atoms. The number of anilines is 2. The number of fused-ring (bicyclic) bond motifs is 4. The van der Waals surface area contributed by atoms with Gasteiger partial charge in [-0.25, -0.2) is 9.79 Å². The number of aliphatic imine (C=N–C) groups is 1. The van der Waals surface area contributed by atoms with Gasteiger partial charge in [0, 0.05) is 54.5 Å². The molecule has 0 saturated carbocycles. The van der Waals surface area contributed by atoms with Gasteiger partial charge < -0.3 is 29.2 Å². The molecule has 1 spiro atoms. The molecule has 272 valence electrons. The minimum Gasteiger partial charge on any atom is -0.497 e. The molecule has 1 saturated heterocycles. The second-order valence-electron chi connectivity index (χ2n) is 14.3. The summed E-state index contributed by atoms with van der Waals surface area (Å²) in [7, 11) is 1.69. The minimum atomic E-state index is -0.719. The van der Waals surface area contributed by atoms with Crippen LogP contribution in [0.4, 0.5) is 17.1 Å². The molecule has 0 aromatic heterocycles. The number of methoxy groups -OCH3 is 1. The Kier molecular flexibility index (Phi) is 9.69. The predicted molar refractivity (Wildman–Crippen MR) is 213 cm³/mol. The summed E-state index contributed by atoms with van der Waals surface area (Å²) in [5.74, 6) is 2.21. The van der Waals surface area contributed by atoms with E-state index in [-0.39, 0.29) is 12.1 Å². The highest BCUT2D eigenvalue weighted by Crippen LogP contribution is 2.47. The van der Waals surface area contributed by atoms with Crippen LogP contribution in [0.25, 0.3) is 21.9 Å². The van der Waals surface area contributed by atoms with Crippen LogP contribution in [-0.2, 0) is 11.2 Å². The molecule has 0 aliphatic carbocycles. The van der Waals surface area contributed by atoms with Crippen LogP contribution in [0.1, 0.15) is 68.3 Å². The van der Waals surface area contributed by atoms with Crippen molar-refractivity contribution in [3.8, 4) is 28.4 Å². The van der Waals surface area contributed by atoms with Crippen molar-refractivity contribution in [1.82, 2.24) is 0 Å². The van der Waals surface area contributed by atoms with Gasteiger partial charge in [-0.2, -0.15) is 0 Å². The molecule has 8 heteroatoms. The van der Waals surface area contributed by atoms with E-state index in [0.29, 0.717) is 12.0 Å². The summed E-state index contributed by atoms with van der Waals surface area (Å²) in [6, 6.07) is 32.5. The third kappa shape index (κ3) is 7.02. The number of carbonyl (C=O) groups is 1. The van der Waals surface area contributed by atoms with Gasteiger partial charge in [0.05, 0.1) is 25.0 Å². The smallest absolute Gasteiger partial charge is 0.338 e. The van der Waals surface area contributed by atoms with Crippen molar-refractivity contribution in [1.29, 1.82) is 0 Å². The molecule has 0 amide bonds. The molecule has 0 radical (unpaired) electrons. The Morgan fingerprint density at radius 3 is 2.40 bits per heavy atom. The first-order valence-electron chi connectivity index (χ1n) is 19.0. The second kappa shape index (κ2) is 14.9. The first kappa shape index (κ1) is 34.6. The molecule has 8 rings (SSSR count). The maximum absolute atomic E-state index is 13.2. The number of ether oxygens (including phenoxy) is 4. The fraction of sp³-hybridized carbons (Fsp3) is 0.333. The number of nitrogens with one attached hydrogen (secondary N) is 1. The number of unbranched alkanes of at least 4 members (excludes halogenated alkanes) is 3. The van der Waals surface area contributed by atoms with Gasteiger partial charge in [0.1, 0.15) is 29.0 Å². The molecule has 3 aliphatic heterocycles. The lowest BCUT2D eigenvalue weighted by Crippen LogP contribution is -2.50. The van der Waals surface area contributed by atoms with Crippen molar-refractivity contribution >= 4 is 39.5 Å². The Bertz CT molecular complexity index is 2140. The van der Waals surface area contributed by atoms with Crippen molar-refractivity contribution in [2.24, 2.45) is 4.99 Å². The maximum atomic E-state index is 13.2. The molecule has 1 N–H and O–H groups in total. The number of rotatable bonds is 11. The van der Waals surface area contributed by atoms with Crippen molar-refractivity contribution in [2.75, 3.05) is 37.0 Å². The average molecular weight is 710 g/mol. The molecule has 3 heterocycles. The van der Waals surface area contributed by atoms with Crippen LogP contribution in [0, 0.1) is 0 Å². The fourth-order valence-electron chi connectivity index (χ4n) is 7.77. The Balaban J connectivity index is 0.882. The van der Waals surface area contributed by atoms with E-state index in [1.807, 2.05) is 61.5 Å². The van der Waals surface area contributed by atoms with Crippen LogP contribution in [0.2, 0.25) is 0 Å². The number of piperidine rings is 1. The van der Waals surface area contributed by atoms with E-state index in [4.69, 9.17) is 23.9 Å². The number of nitrogens with zero attached hydrogens (tertiary/aromatic N) is 2. The van der Waals surface area contributed by atoms with E-state index >= 15 is 0 Å². The van der Waals surface area contributed by atoms with Gasteiger partial charge >= 0.3 is 5.97 Å². The SMILES string of the molecule is CCCCCCOc1ccc(-c2ccc(C(=O)OC3CCN(c4cccc5c6c(ccc45)OC4(Cc5cc(OC)ccc5N4)C(C)=N6)CC3)cc2)cc1. The summed E-state index contributed by atoms with van der Waals surface area (Å²) in [5.41, 5.74) is 7.07. The first-order valence-corrected chi connectivity index (χ1v) is 19.0. The largest absolute Gasteiger partial charge is 0.497 e. The van der Waals surface area contributed by atoms with E-state index in [0.717, 1.165) is 106 Å². The number of benzene rings is 5. The van der Waals surface area contributed by atoms with Crippen LogP contribution in [0.5, 0.6) is 17.2 Å². The number of carbonyl (C=O) groups excluding carboxylic acids is 1. The first-order chi connectivity index (χ1) is 25.9. The molecular weight excluding hydrogens is 663 g/mol. The van der Waals surface area contributed by atoms with Crippen LogP contribution in [0.3, 0.4) is 0 Å². The van der Waals surface area contributed by atoms with Gasteiger partial charge in [0.25, 0.3) is 0 Å². The lowest BCUT2D eigenvalue weighted by atomic mass is 9.98. The second-order valence-corrected chi connectivity index (χ2v) is 14.3. The van der Waals surface area contributed by atoms with Gasteiger partial charge in [-0.05, 0) is 90.7 Å². The third-order valence-electron chi connectivity index (χ3n) is 10.8. The molecule has 1 fully saturated rings. The van der Waals surface area contributed by atoms with Crippen LogP contribution >= 0.6 is 0 Å². The highest BCUT2D eigenvalue weighted by atomic mass is 16.5. The summed E-state index contributed by atoms with van der Waals surface area (Å²) in [6.07, 6.45) is 6.82. The van der Waals surface area contributed by atoms with Crippen LogP contribution in [0.15, 0.2) is 102 Å². The summed E-state index contributed by atoms with van der Waals surface area (Å²) in [4.78, 5) is 20.7. The Morgan fingerprint density at radius 1 is 0.887 bits per heavy atom. The van der Waals surface area contributed by atoms with E-state index in [9.17, 15) is 4.79 Å². The van der Waals surface area contributed by atoms with Gasteiger partial charge in [-0.15, -0.1) is 0 Å².